The quantitative estimate of drug-likeness (QED) is 0.556. The summed E-state index contributed by atoms with van der Waals surface area (Å²) < 4.78 is 20.7. The predicted octanol–water partition coefficient (Wildman–Crippen LogP) is 4.38. The van der Waals surface area contributed by atoms with E-state index in [4.69, 9.17) is 16.3 Å². The monoisotopic (exact) mass is 434 g/mol. The summed E-state index contributed by atoms with van der Waals surface area (Å²) in [5, 5.41) is 14.5. The first-order valence-electron chi connectivity index (χ1n) is 9.76. The minimum atomic E-state index is -0.607. The number of rotatable bonds is 7. The van der Waals surface area contributed by atoms with Gasteiger partial charge < -0.3 is 14.7 Å². The number of fused-ring (bicyclic) bond motifs is 1. The highest BCUT2D eigenvalue weighted by molar-refractivity contribution is 6.31. The number of aromatic hydroxyl groups is 1. The summed E-state index contributed by atoms with van der Waals surface area (Å²) in [7, 11) is 0. The molecule has 0 fully saturated rings. The first-order chi connectivity index (χ1) is 14.3. The van der Waals surface area contributed by atoms with Crippen molar-refractivity contribution in [3.05, 3.63) is 52.1 Å². The fraction of sp³-hybridized carbons (Fsp3) is 0.381. The summed E-state index contributed by atoms with van der Waals surface area (Å²) in [5.41, 5.74) is 1.57. The number of halogens is 2. The second kappa shape index (κ2) is 8.87. The van der Waals surface area contributed by atoms with Gasteiger partial charge in [0.15, 0.2) is 5.65 Å². The van der Waals surface area contributed by atoms with E-state index in [-0.39, 0.29) is 35.5 Å². The van der Waals surface area contributed by atoms with E-state index in [0.29, 0.717) is 29.1 Å². The van der Waals surface area contributed by atoms with E-state index in [9.17, 15) is 14.3 Å². The molecule has 2 aromatic heterocycles. The largest absolute Gasteiger partial charge is 0.508 e. The van der Waals surface area contributed by atoms with Crippen LogP contribution in [0.15, 0.2) is 24.4 Å². The van der Waals surface area contributed by atoms with Gasteiger partial charge in [-0.2, -0.15) is 5.10 Å². The molecular weight excluding hydrogens is 411 g/mol. The van der Waals surface area contributed by atoms with Crippen LogP contribution in [-0.2, 0) is 17.7 Å². The molecule has 30 heavy (non-hydrogen) atoms. The van der Waals surface area contributed by atoms with Gasteiger partial charge in [-0.1, -0.05) is 18.5 Å². The zero-order valence-corrected chi connectivity index (χ0v) is 18.1. The van der Waals surface area contributed by atoms with E-state index < -0.39 is 11.8 Å². The topological polar surface area (TPSA) is 80.0 Å². The summed E-state index contributed by atoms with van der Waals surface area (Å²) in [4.78, 5) is 19.0. The van der Waals surface area contributed by atoms with Crippen LogP contribution in [0.4, 0.5) is 10.2 Å². The Hall–Kier alpha value is -2.87. The van der Waals surface area contributed by atoms with Crippen molar-refractivity contribution in [1.82, 2.24) is 14.6 Å². The van der Waals surface area contributed by atoms with Crippen LogP contribution in [0.3, 0.4) is 0 Å². The highest BCUT2D eigenvalue weighted by Gasteiger charge is 2.24. The van der Waals surface area contributed by atoms with E-state index in [2.05, 4.69) is 10.1 Å². The molecule has 0 aliphatic rings. The Bertz CT molecular complexity index is 1080. The Morgan fingerprint density at radius 2 is 2.07 bits per heavy atom. The van der Waals surface area contributed by atoms with Gasteiger partial charge in [-0.3, -0.25) is 0 Å². The normalized spacial score (nSPS) is 11.3. The lowest BCUT2D eigenvalue weighted by Crippen LogP contribution is -2.31. The maximum atomic E-state index is 13.9. The Morgan fingerprint density at radius 1 is 1.33 bits per heavy atom. The maximum Gasteiger partial charge on any atom is 0.343 e. The van der Waals surface area contributed by atoms with Crippen LogP contribution >= 0.6 is 11.6 Å². The van der Waals surface area contributed by atoms with Crippen LogP contribution in [0.5, 0.6) is 5.75 Å². The van der Waals surface area contributed by atoms with E-state index in [1.807, 2.05) is 25.7 Å². The molecule has 0 atom stereocenters. The van der Waals surface area contributed by atoms with Gasteiger partial charge in [-0.15, -0.1) is 0 Å². The first-order valence-corrected chi connectivity index (χ1v) is 10.1. The molecule has 0 bridgehead atoms. The predicted molar refractivity (Wildman–Crippen MR) is 113 cm³/mol. The average Bonchev–Trinajstić information content (AvgIpc) is 3.08. The SMILES string of the molecule is CCOC(=O)c1c(CC)nn2ccc(N(Cc3c(O)ccc(F)c3Cl)C(C)C)nc12. The molecule has 1 N–H and O–H groups in total. The molecule has 0 radical (unpaired) electrons. The highest BCUT2D eigenvalue weighted by Crippen LogP contribution is 2.31. The Labute approximate surface area is 179 Å². The van der Waals surface area contributed by atoms with Gasteiger partial charge in [0.05, 0.1) is 17.3 Å². The third kappa shape index (κ3) is 4.05. The molecule has 0 spiro atoms. The standard InChI is InChI=1S/C21H24ClFN4O3/c1-5-15-18(21(29)30-6-2)20-24-17(9-10-27(20)25-15)26(12(3)4)11-13-16(28)8-7-14(23)19(13)22/h7-10,12,28H,5-6,11H2,1-4H3. The molecule has 7 nitrogen and oxygen atoms in total. The smallest absolute Gasteiger partial charge is 0.343 e. The van der Waals surface area contributed by atoms with Crippen molar-refractivity contribution in [2.24, 2.45) is 0 Å². The van der Waals surface area contributed by atoms with Crippen molar-refractivity contribution in [1.29, 1.82) is 0 Å². The summed E-state index contributed by atoms with van der Waals surface area (Å²) >= 11 is 6.10. The third-order valence-corrected chi connectivity index (χ3v) is 5.18. The number of benzene rings is 1. The molecule has 1 aromatic carbocycles. The second-order valence-electron chi connectivity index (χ2n) is 7.03. The molecule has 3 rings (SSSR count). The van der Waals surface area contributed by atoms with E-state index in [1.54, 1.807) is 23.7 Å². The maximum absolute atomic E-state index is 13.9. The van der Waals surface area contributed by atoms with Crippen LogP contribution in [-0.4, -0.2) is 38.3 Å². The van der Waals surface area contributed by atoms with Gasteiger partial charge in [0.1, 0.15) is 22.9 Å². The van der Waals surface area contributed by atoms with Crippen LogP contribution in [0, 0.1) is 5.82 Å². The summed E-state index contributed by atoms with van der Waals surface area (Å²) in [5.74, 6) is -0.649. The van der Waals surface area contributed by atoms with Crippen LogP contribution < -0.4 is 4.90 Å². The molecule has 3 aromatic rings. The lowest BCUT2D eigenvalue weighted by atomic mass is 10.1. The van der Waals surface area contributed by atoms with Crippen molar-refractivity contribution >= 4 is 29.0 Å². The average molecular weight is 435 g/mol. The zero-order chi connectivity index (χ0) is 22.0. The van der Waals surface area contributed by atoms with Crippen LogP contribution in [0.25, 0.3) is 5.65 Å². The van der Waals surface area contributed by atoms with Crippen LogP contribution in [0.1, 0.15) is 49.3 Å². The Kier molecular flexibility index (Phi) is 6.45. The van der Waals surface area contributed by atoms with Crippen molar-refractivity contribution in [3.8, 4) is 5.75 Å². The zero-order valence-electron chi connectivity index (χ0n) is 17.3. The van der Waals surface area contributed by atoms with Crippen molar-refractivity contribution in [2.45, 2.75) is 46.7 Å². The van der Waals surface area contributed by atoms with E-state index >= 15 is 0 Å². The van der Waals surface area contributed by atoms with Gasteiger partial charge in [0, 0.05) is 24.3 Å². The molecule has 160 valence electrons. The number of hydrogen-bond acceptors (Lipinski definition) is 6. The number of phenols is 1. The molecular formula is C21H24ClFN4O3. The van der Waals surface area contributed by atoms with Crippen molar-refractivity contribution < 1.29 is 19.0 Å². The summed E-state index contributed by atoms with van der Waals surface area (Å²) in [6.07, 6.45) is 2.26. The fourth-order valence-corrected chi connectivity index (χ4v) is 3.44. The Morgan fingerprint density at radius 3 is 2.70 bits per heavy atom. The molecule has 2 heterocycles. The number of phenolic OH excluding ortho intramolecular Hbond substituents is 1. The lowest BCUT2D eigenvalue weighted by molar-refractivity contribution is 0.0527. The number of nitrogens with zero attached hydrogens (tertiary/aromatic N) is 4. The number of anilines is 1. The summed E-state index contributed by atoms with van der Waals surface area (Å²) in [6.45, 7) is 7.90. The number of carbonyl (C=O) groups excluding carboxylic acids is 1. The van der Waals surface area contributed by atoms with Gasteiger partial charge in [0.2, 0.25) is 0 Å². The van der Waals surface area contributed by atoms with Crippen LogP contribution in [0.2, 0.25) is 5.02 Å². The number of hydrogen-bond donors (Lipinski definition) is 1. The number of esters is 1. The molecule has 9 heteroatoms. The number of aryl methyl sites for hydroxylation is 1. The molecule has 0 saturated carbocycles. The fourth-order valence-electron chi connectivity index (χ4n) is 3.22. The minimum Gasteiger partial charge on any atom is -0.508 e. The van der Waals surface area contributed by atoms with Gasteiger partial charge in [-0.05, 0) is 45.4 Å². The number of aromatic nitrogens is 3. The molecule has 0 amide bonds. The van der Waals surface area contributed by atoms with Crippen molar-refractivity contribution in [3.63, 3.8) is 0 Å². The minimum absolute atomic E-state index is 0.0571. The molecule has 0 saturated heterocycles. The number of carbonyl (C=O) groups is 1. The molecule has 0 aliphatic heterocycles. The van der Waals surface area contributed by atoms with Gasteiger partial charge in [0.25, 0.3) is 0 Å². The summed E-state index contributed by atoms with van der Waals surface area (Å²) in [6, 6.07) is 4.08. The second-order valence-corrected chi connectivity index (χ2v) is 7.41. The number of ether oxygens (including phenoxy) is 1. The van der Waals surface area contributed by atoms with Gasteiger partial charge >= 0.3 is 5.97 Å². The van der Waals surface area contributed by atoms with Gasteiger partial charge in [-0.25, -0.2) is 18.7 Å². The van der Waals surface area contributed by atoms with E-state index in [0.717, 1.165) is 6.07 Å². The third-order valence-electron chi connectivity index (χ3n) is 4.77. The molecule has 0 aliphatic carbocycles. The molecule has 0 unspecified atom stereocenters. The van der Waals surface area contributed by atoms with Crippen molar-refractivity contribution in [2.75, 3.05) is 11.5 Å². The first kappa shape index (κ1) is 21.8. The Balaban J connectivity index is 2.10. The lowest BCUT2D eigenvalue weighted by Gasteiger charge is -2.28. The highest BCUT2D eigenvalue weighted by atomic mass is 35.5. The van der Waals surface area contributed by atoms with E-state index in [1.165, 1.54) is 6.07 Å².